The number of nitrogens with zero attached hydrogens (tertiary/aromatic N) is 5. The largest absolute Gasteiger partial charge is 0.493 e. The molecule has 1 aromatic carbocycles. The molecule has 0 aliphatic carbocycles. The summed E-state index contributed by atoms with van der Waals surface area (Å²) in [5.41, 5.74) is 4.41. The molecular formula is C25H23FN6O2. The number of amides is 1. The summed E-state index contributed by atoms with van der Waals surface area (Å²) in [5, 5.41) is 12.9. The second-order valence-electron chi connectivity index (χ2n) is 8.38. The van der Waals surface area contributed by atoms with Crippen LogP contribution >= 0.6 is 0 Å². The fraction of sp³-hybridized carbons (Fsp3) is 0.240. The van der Waals surface area contributed by atoms with Gasteiger partial charge in [-0.15, -0.1) is 0 Å². The van der Waals surface area contributed by atoms with Crippen molar-refractivity contribution in [1.82, 2.24) is 25.1 Å². The van der Waals surface area contributed by atoms with Crippen LogP contribution in [0.3, 0.4) is 0 Å². The summed E-state index contributed by atoms with van der Waals surface area (Å²) in [6.07, 6.45) is 7.40. The number of rotatable bonds is 5. The second-order valence-corrected chi connectivity index (χ2v) is 8.38. The summed E-state index contributed by atoms with van der Waals surface area (Å²) in [6.45, 7) is 2.75. The molecule has 4 aromatic rings. The van der Waals surface area contributed by atoms with Crippen LogP contribution in [-0.2, 0) is 13.0 Å². The zero-order valence-corrected chi connectivity index (χ0v) is 19.1. The molecule has 0 saturated carbocycles. The summed E-state index contributed by atoms with van der Waals surface area (Å²) in [5.74, 6) is 0.880. The first-order chi connectivity index (χ1) is 16.4. The highest BCUT2D eigenvalue weighted by atomic mass is 19.1. The molecule has 34 heavy (non-hydrogen) atoms. The van der Waals surface area contributed by atoms with Crippen LogP contribution in [0.25, 0.3) is 21.9 Å². The van der Waals surface area contributed by atoms with E-state index in [1.165, 1.54) is 11.0 Å². The number of aryl methyl sites for hydroxylation is 1. The molecule has 0 atom stereocenters. The van der Waals surface area contributed by atoms with Crippen LogP contribution in [0.4, 0.5) is 10.2 Å². The van der Waals surface area contributed by atoms with Crippen molar-refractivity contribution in [3.63, 3.8) is 0 Å². The molecule has 0 unspecified atom stereocenters. The predicted molar refractivity (Wildman–Crippen MR) is 126 cm³/mol. The first-order valence-electron chi connectivity index (χ1n) is 10.9. The molecular weight excluding hydrogens is 435 g/mol. The minimum atomic E-state index is -0.272. The highest BCUT2D eigenvalue weighted by molar-refractivity contribution is 6.01. The monoisotopic (exact) mass is 458 g/mol. The Morgan fingerprint density at radius 2 is 1.85 bits per heavy atom. The van der Waals surface area contributed by atoms with Crippen molar-refractivity contribution in [2.45, 2.75) is 19.9 Å². The van der Waals surface area contributed by atoms with Gasteiger partial charge >= 0.3 is 0 Å². The topological polar surface area (TPSA) is 93.1 Å². The summed E-state index contributed by atoms with van der Waals surface area (Å²) in [7, 11) is 3.38. The Kier molecular flexibility index (Phi) is 5.53. The molecule has 8 nitrogen and oxygen atoms in total. The van der Waals surface area contributed by atoms with Crippen LogP contribution in [0, 0.1) is 12.7 Å². The molecule has 9 heteroatoms. The fourth-order valence-corrected chi connectivity index (χ4v) is 4.21. The molecule has 1 N–H and O–H groups in total. The lowest BCUT2D eigenvalue weighted by Crippen LogP contribution is -2.22. The zero-order valence-electron chi connectivity index (χ0n) is 19.1. The van der Waals surface area contributed by atoms with E-state index in [0.717, 1.165) is 38.8 Å². The van der Waals surface area contributed by atoms with Crippen LogP contribution in [0.5, 0.6) is 5.75 Å². The Labute approximate surface area is 195 Å². The maximum Gasteiger partial charge on any atom is 0.271 e. The molecule has 1 amide bonds. The van der Waals surface area contributed by atoms with Crippen LogP contribution in [0.1, 0.15) is 27.2 Å². The summed E-state index contributed by atoms with van der Waals surface area (Å²) in [6, 6.07) is 4.87. The summed E-state index contributed by atoms with van der Waals surface area (Å²) < 4.78 is 20.1. The maximum absolute atomic E-state index is 14.6. The van der Waals surface area contributed by atoms with Crippen molar-refractivity contribution in [3.8, 4) is 16.9 Å². The van der Waals surface area contributed by atoms with E-state index in [4.69, 9.17) is 4.74 Å². The van der Waals surface area contributed by atoms with Crippen molar-refractivity contribution in [3.05, 3.63) is 71.2 Å². The normalized spacial score (nSPS) is 12.4. The Hall–Kier alpha value is -4.14. The first-order valence-corrected chi connectivity index (χ1v) is 10.9. The van der Waals surface area contributed by atoms with E-state index in [9.17, 15) is 9.18 Å². The van der Waals surface area contributed by atoms with Crippen molar-refractivity contribution in [2.75, 3.05) is 26.0 Å². The van der Waals surface area contributed by atoms with Gasteiger partial charge in [0.25, 0.3) is 5.91 Å². The average molecular weight is 458 g/mol. The van der Waals surface area contributed by atoms with Gasteiger partial charge in [-0.25, -0.2) is 9.37 Å². The standard InChI is InChI=1S/C25H23FN6O2/c1-14-8-22(25(33)32(2)3)27-9-16(14)17-10-28-24(20-13-31-30-12-18(17)20)29-11-19-15-6-7-34-23(15)5-4-21(19)26/h4-5,8-10,12-13H,6-7,11H2,1-3H3,(H,28,29). The van der Waals surface area contributed by atoms with E-state index in [1.54, 1.807) is 51.0 Å². The molecule has 1 aliphatic rings. The molecule has 3 aromatic heterocycles. The Bertz CT molecular complexity index is 1420. The van der Waals surface area contributed by atoms with E-state index in [2.05, 4.69) is 25.5 Å². The third-order valence-corrected chi connectivity index (χ3v) is 6.00. The lowest BCUT2D eigenvalue weighted by atomic mass is 9.99. The number of aromatic nitrogens is 4. The minimum Gasteiger partial charge on any atom is -0.493 e. The molecule has 172 valence electrons. The van der Waals surface area contributed by atoms with Crippen molar-refractivity contribution >= 4 is 22.5 Å². The number of carbonyl (C=O) groups is 1. The van der Waals surface area contributed by atoms with E-state index in [-0.39, 0.29) is 18.3 Å². The smallest absolute Gasteiger partial charge is 0.271 e. The molecule has 4 heterocycles. The van der Waals surface area contributed by atoms with Crippen LogP contribution in [0.2, 0.25) is 0 Å². The Morgan fingerprint density at radius 3 is 2.62 bits per heavy atom. The van der Waals surface area contributed by atoms with E-state index < -0.39 is 0 Å². The van der Waals surface area contributed by atoms with Gasteiger partial charge in [-0.3, -0.25) is 9.78 Å². The van der Waals surface area contributed by atoms with Gasteiger partial charge in [0.15, 0.2) is 0 Å². The maximum atomic E-state index is 14.6. The van der Waals surface area contributed by atoms with E-state index >= 15 is 0 Å². The van der Waals surface area contributed by atoms with Gasteiger partial charge < -0.3 is 15.0 Å². The highest BCUT2D eigenvalue weighted by Gasteiger charge is 2.20. The molecule has 1 aliphatic heterocycles. The van der Waals surface area contributed by atoms with Gasteiger partial charge in [0, 0.05) is 72.5 Å². The number of fused-ring (bicyclic) bond motifs is 2. The Morgan fingerprint density at radius 1 is 1.09 bits per heavy atom. The lowest BCUT2D eigenvalue weighted by Gasteiger charge is -2.15. The molecule has 0 saturated heterocycles. The van der Waals surface area contributed by atoms with Crippen LogP contribution in [-0.4, -0.2) is 51.7 Å². The van der Waals surface area contributed by atoms with Gasteiger partial charge in [-0.2, -0.15) is 10.2 Å². The van der Waals surface area contributed by atoms with Gasteiger partial charge in [-0.1, -0.05) is 0 Å². The summed E-state index contributed by atoms with van der Waals surface area (Å²) >= 11 is 0. The number of anilines is 1. The van der Waals surface area contributed by atoms with Crippen molar-refractivity contribution < 1.29 is 13.9 Å². The fourth-order valence-electron chi connectivity index (χ4n) is 4.21. The number of ether oxygens (including phenoxy) is 1. The van der Waals surface area contributed by atoms with E-state index in [1.807, 2.05) is 6.92 Å². The molecule has 0 fully saturated rings. The molecule has 0 spiro atoms. The Balaban J connectivity index is 1.50. The van der Waals surface area contributed by atoms with E-state index in [0.29, 0.717) is 30.1 Å². The number of carbonyl (C=O) groups excluding carboxylic acids is 1. The first kappa shape index (κ1) is 21.7. The number of halogens is 1. The van der Waals surface area contributed by atoms with Gasteiger partial charge in [0.2, 0.25) is 0 Å². The van der Waals surface area contributed by atoms with Gasteiger partial charge in [0.05, 0.1) is 19.0 Å². The quantitative estimate of drug-likeness (QED) is 0.486. The van der Waals surface area contributed by atoms with Crippen molar-refractivity contribution in [1.29, 1.82) is 0 Å². The third kappa shape index (κ3) is 3.79. The number of benzene rings is 1. The SMILES string of the molecule is Cc1cc(C(=O)N(C)C)ncc1-c1cnc(NCc2c(F)ccc3c2CCO3)c2cnncc12. The summed E-state index contributed by atoms with van der Waals surface area (Å²) in [4.78, 5) is 22.7. The predicted octanol–water partition coefficient (Wildman–Crippen LogP) is 3.78. The van der Waals surface area contributed by atoms with Gasteiger partial charge in [0.1, 0.15) is 23.1 Å². The van der Waals surface area contributed by atoms with Gasteiger partial charge in [-0.05, 0) is 30.7 Å². The number of nitrogens with one attached hydrogen (secondary N) is 1. The average Bonchev–Trinajstić information content (AvgIpc) is 3.32. The highest BCUT2D eigenvalue weighted by Crippen LogP contribution is 2.34. The lowest BCUT2D eigenvalue weighted by molar-refractivity contribution is 0.0822. The van der Waals surface area contributed by atoms with Crippen LogP contribution in [0.15, 0.2) is 43.0 Å². The minimum absolute atomic E-state index is 0.159. The second kappa shape index (κ2) is 8.66. The molecule has 0 radical (unpaired) electrons. The third-order valence-electron chi connectivity index (χ3n) is 6.00. The van der Waals surface area contributed by atoms with Crippen molar-refractivity contribution in [2.24, 2.45) is 0 Å². The zero-order chi connectivity index (χ0) is 23.8. The number of hydrogen-bond acceptors (Lipinski definition) is 7. The molecule has 0 bridgehead atoms. The van der Waals surface area contributed by atoms with Crippen LogP contribution < -0.4 is 10.1 Å². The molecule has 5 rings (SSSR count). The number of hydrogen-bond donors (Lipinski definition) is 1. The number of pyridine rings is 2.